The first kappa shape index (κ1) is 10.5. The van der Waals surface area contributed by atoms with E-state index in [1.54, 1.807) is 11.8 Å². The van der Waals surface area contributed by atoms with Crippen LogP contribution in [0.5, 0.6) is 0 Å². The second-order valence-electron chi connectivity index (χ2n) is 3.44. The Balaban J connectivity index is 2.25. The minimum absolute atomic E-state index is 0.187. The molecule has 0 radical (unpaired) electrons. The van der Waals surface area contributed by atoms with Gasteiger partial charge in [-0.15, -0.1) is 11.8 Å². The summed E-state index contributed by atoms with van der Waals surface area (Å²) in [6, 6.07) is 8.02. The van der Waals surface area contributed by atoms with Gasteiger partial charge in [-0.25, -0.2) is 0 Å². The maximum atomic E-state index is 11.7. The largest absolute Gasteiger partial charge is 0.330 e. The molecular weight excluding hydrogens is 208 g/mol. The summed E-state index contributed by atoms with van der Waals surface area (Å²) in [5.74, 6) is 0.730. The van der Waals surface area contributed by atoms with E-state index in [-0.39, 0.29) is 5.91 Å². The maximum absolute atomic E-state index is 11.7. The van der Waals surface area contributed by atoms with Crippen molar-refractivity contribution in [1.29, 1.82) is 0 Å². The van der Waals surface area contributed by atoms with Crippen molar-refractivity contribution >= 4 is 23.4 Å². The van der Waals surface area contributed by atoms with E-state index in [1.807, 2.05) is 23.1 Å². The summed E-state index contributed by atoms with van der Waals surface area (Å²) in [5, 5.41) is 0. The lowest BCUT2D eigenvalue weighted by Crippen LogP contribution is -2.36. The lowest BCUT2D eigenvalue weighted by Gasteiger charge is -2.28. The topological polar surface area (TPSA) is 46.3 Å². The Morgan fingerprint density at radius 1 is 1.40 bits per heavy atom. The summed E-state index contributed by atoms with van der Waals surface area (Å²) in [7, 11) is 0. The fraction of sp³-hybridized carbons (Fsp3) is 0.364. The van der Waals surface area contributed by atoms with Crippen LogP contribution in [0.15, 0.2) is 29.2 Å². The summed E-state index contributed by atoms with van der Waals surface area (Å²) >= 11 is 1.61. The molecule has 1 amide bonds. The third kappa shape index (κ3) is 2.16. The minimum atomic E-state index is 0.187. The molecule has 0 unspecified atom stereocenters. The number of hydrogen-bond donors (Lipinski definition) is 1. The molecule has 1 aromatic carbocycles. The monoisotopic (exact) mass is 222 g/mol. The fourth-order valence-electron chi connectivity index (χ4n) is 1.65. The number of nitrogens with zero attached hydrogens (tertiary/aromatic N) is 1. The van der Waals surface area contributed by atoms with Crippen LogP contribution in [0.2, 0.25) is 0 Å². The number of benzene rings is 1. The molecule has 0 fully saturated rings. The van der Waals surface area contributed by atoms with E-state index in [2.05, 4.69) is 6.07 Å². The van der Waals surface area contributed by atoms with Gasteiger partial charge in [-0.2, -0.15) is 0 Å². The van der Waals surface area contributed by atoms with E-state index < -0.39 is 0 Å². The lowest BCUT2D eigenvalue weighted by atomic mass is 10.2. The van der Waals surface area contributed by atoms with Crippen LogP contribution in [0.4, 0.5) is 5.69 Å². The first-order valence-electron chi connectivity index (χ1n) is 5.05. The van der Waals surface area contributed by atoms with E-state index in [4.69, 9.17) is 5.73 Å². The molecular formula is C11H14N2OS. The van der Waals surface area contributed by atoms with Crippen LogP contribution in [0.3, 0.4) is 0 Å². The number of amides is 1. The van der Waals surface area contributed by atoms with Gasteiger partial charge in [0.05, 0.1) is 11.4 Å². The number of hydrogen-bond acceptors (Lipinski definition) is 3. The number of nitrogens with two attached hydrogens (primary N) is 1. The van der Waals surface area contributed by atoms with E-state index in [9.17, 15) is 4.79 Å². The third-order valence-corrected chi connectivity index (χ3v) is 3.44. The van der Waals surface area contributed by atoms with Crippen molar-refractivity contribution in [2.75, 3.05) is 23.7 Å². The van der Waals surface area contributed by atoms with Gasteiger partial charge < -0.3 is 10.6 Å². The Labute approximate surface area is 93.6 Å². The van der Waals surface area contributed by atoms with Gasteiger partial charge in [0.15, 0.2) is 0 Å². The van der Waals surface area contributed by atoms with Gasteiger partial charge in [0.2, 0.25) is 5.91 Å². The molecule has 80 valence electrons. The van der Waals surface area contributed by atoms with Crippen molar-refractivity contribution in [2.45, 2.75) is 11.3 Å². The van der Waals surface area contributed by atoms with Gasteiger partial charge in [-0.3, -0.25) is 4.79 Å². The highest BCUT2D eigenvalue weighted by Gasteiger charge is 2.23. The number of rotatable bonds is 3. The molecule has 0 spiro atoms. The van der Waals surface area contributed by atoms with Crippen LogP contribution < -0.4 is 10.6 Å². The zero-order valence-corrected chi connectivity index (χ0v) is 9.30. The zero-order chi connectivity index (χ0) is 10.7. The van der Waals surface area contributed by atoms with Crippen molar-refractivity contribution in [1.82, 2.24) is 0 Å². The second-order valence-corrected chi connectivity index (χ2v) is 4.46. The van der Waals surface area contributed by atoms with Gasteiger partial charge in [-0.1, -0.05) is 12.1 Å². The predicted molar refractivity (Wildman–Crippen MR) is 63.2 cm³/mol. The van der Waals surface area contributed by atoms with Crippen LogP contribution in [-0.2, 0) is 4.79 Å². The second kappa shape index (κ2) is 4.68. The Bertz CT molecular complexity index is 367. The quantitative estimate of drug-likeness (QED) is 0.842. The molecule has 0 saturated heterocycles. The minimum Gasteiger partial charge on any atom is -0.330 e. The Morgan fingerprint density at radius 2 is 2.20 bits per heavy atom. The van der Waals surface area contributed by atoms with E-state index in [0.717, 1.165) is 18.7 Å². The molecule has 0 aliphatic carbocycles. The number of fused-ring (bicyclic) bond motifs is 1. The molecule has 3 nitrogen and oxygen atoms in total. The molecule has 0 aromatic heterocycles. The Kier molecular flexibility index (Phi) is 3.28. The van der Waals surface area contributed by atoms with Crippen LogP contribution >= 0.6 is 11.8 Å². The standard InChI is InChI=1S/C11H14N2OS/c12-6-3-7-13-9-4-1-2-5-10(9)15-8-11(13)14/h1-2,4-5H,3,6-8,12H2. The van der Waals surface area contributed by atoms with Crippen LogP contribution in [-0.4, -0.2) is 24.7 Å². The maximum Gasteiger partial charge on any atom is 0.237 e. The number of para-hydroxylation sites is 1. The van der Waals surface area contributed by atoms with Crippen LogP contribution in [0.1, 0.15) is 6.42 Å². The fourth-order valence-corrected chi connectivity index (χ4v) is 2.58. The first-order chi connectivity index (χ1) is 7.33. The lowest BCUT2D eigenvalue weighted by molar-refractivity contribution is -0.116. The van der Waals surface area contributed by atoms with Gasteiger partial charge in [0.25, 0.3) is 0 Å². The van der Waals surface area contributed by atoms with Crippen molar-refractivity contribution in [2.24, 2.45) is 5.73 Å². The summed E-state index contributed by atoms with van der Waals surface area (Å²) in [5.41, 5.74) is 6.50. The molecule has 4 heteroatoms. The first-order valence-corrected chi connectivity index (χ1v) is 6.04. The number of anilines is 1. The molecule has 15 heavy (non-hydrogen) atoms. The highest BCUT2D eigenvalue weighted by atomic mass is 32.2. The summed E-state index contributed by atoms with van der Waals surface area (Å²) in [6.45, 7) is 1.35. The highest BCUT2D eigenvalue weighted by molar-refractivity contribution is 8.00. The van der Waals surface area contributed by atoms with Crippen LogP contribution in [0.25, 0.3) is 0 Å². The SMILES string of the molecule is NCCCN1C(=O)CSc2ccccc21. The zero-order valence-electron chi connectivity index (χ0n) is 8.48. The molecule has 2 N–H and O–H groups in total. The molecule has 2 rings (SSSR count). The normalized spacial score (nSPS) is 15.3. The Hall–Kier alpha value is -1.00. The van der Waals surface area contributed by atoms with Crippen molar-refractivity contribution in [3.63, 3.8) is 0 Å². The van der Waals surface area contributed by atoms with Gasteiger partial charge >= 0.3 is 0 Å². The number of carbonyl (C=O) groups excluding carboxylic acids is 1. The molecule has 1 aromatic rings. The van der Waals surface area contributed by atoms with Crippen molar-refractivity contribution in [3.05, 3.63) is 24.3 Å². The number of thioether (sulfide) groups is 1. The smallest absolute Gasteiger partial charge is 0.237 e. The van der Waals surface area contributed by atoms with Crippen molar-refractivity contribution < 1.29 is 4.79 Å². The van der Waals surface area contributed by atoms with E-state index >= 15 is 0 Å². The average Bonchev–Trinajstić information content (AvgIpc) is 2.28. The van der Waals surface area contributed by atoms with Crippen LogP contribution in [0, 0.1) is 0 Å². The molecule has 1 aliphatic rings. The van der Waals surface area contributed by atoms with Gasteiger partial charge in [0, 0.05) is 11.4 Å². The highest BCUT2D eigenvalue weighted by Crippen LogP contribution is 2.34. The third-order valence-electron chi connectivity index (χ3n) is 2.39. The van der Waals surface area contributed by atoms with E-state index in [0.29, 0.717) is 12.3 Å². The van der Waals surface area contributed by atoms with Gasteiger partial charge in [0.1, 0.15) is 0 Å². The van der Waals surface area contributed by atoms with Crippen molar-refractivity contribution in [3.8, 4) is 0 Å². The molecule has 0 atom stereocenters. The number of carbonyl (C=O) groups is 1. The van der Waals surface area contributed by atoms with E-state index in [1.165, 1.54) is 4.90 Å². The Morgan fingerprint density at radius 3 is 3.00 bits per heavy atom. The molecule has 0 bridgehead atoms. The summed E-state index contributed by atoms with van der Waals surface area (Å²) in [4.78, 5) is 14.8. The molecule has 1 aliphatic heterocycles. The summed E-state index contributed by atoms with van der Waals surface area (Å²) in [6.07, 6.45) is 0.852. The molecule has 0 saturated carbocycles. The average molecular weight is 222 g/mol. The summed E-state index contributed by atoms with van der Waals surface area (Å²) < 4.78 is 0. The molecule has 1 heterocycles. The predicted octanol–water partition coefficient (Wildman–Crippen LogP) is 1.47. The van der Waals surface area contributed by atoms with Gasteiger partial charge in [-0.05, 0) is 25.1 Å².